The smallest absolute Gasteiger partial charge is 0.343 e. The van der Waals surface area contributed by atoms with Crippen LogP contribution < -0.4 is 14.9 Å². The lowest BCUT2D eigenvalue weighted by Gasteiger charge is -2.34. The zero-order chi connectivity index (χ0) is 21.4. The topological polar surface area (TPSA) is 66.8 Å². The number of aromatic nitrogens is 1. The number of carbonyl (C=O) groups excluding carboxylic acids is 1. The Morgan fingerprint density at radius 3 is 2.57 bits per heavy atom. The van der Waals surface area contributed by atoms with Crippen LogP contribution in [0.3, 0.4) is 0 Å². The molecule has 0 radical (unpaired) electrons. The first-order valence-electron chi connectivity index (χ1n) is 10.7. The number of esters is 1. The predicted octanol–water partition coefficient (Wildman–Crippen LogP) is 4.39. The van der Waals surface area contributed by atoms with Crippen molar-refractivity contribution in [1.29, 1.82) is 0 Å². The Morgan fingerprint density at radius 1 is 1.20 bits per heavy atom. The van der Waals surface area contributed by atoms with Crippen molar-refractivity contribution in [2.24, 2.45) is 5.92 Å². The summed E-state index contributed by atoms with van der Waals surface area (Å²) in [5.74, 6) is 1.17. The molecule has 2 aromatic rings. The van der Waals surface area contributed by atoms with Crippen molar-refractivity contribution in [3.05, 3.63) is 45.7 Å². The molecule has 30 heavy (non-hydrogen) atoms. The number of hydrogen-bond donors (Lipinski definition) is 0. The third-order valence-electron chi connectivity index (χ3n) is 6.14. The van der Waals surface area contributed by atoms with Gasteiger partial charge < -0.3 is 18.8 Å². The van der Waals surface area contributed by atoms with E-state index in [1.165, 1.54) is 6.42 Å². The van der Waals surface area contributed by atoms with Crippen LogP contribution in [0.15, 0.2) is 29.2 Å². The van der Waals surface area contributed by atoms with Gasteiger partial charge in [0.1, 0.15) is 5.56 Å². The molecule has 6 nitrogen and oxygen atoms in total. The van der Waals surface area contributed by atoms with Gasteiger partial charge in [-0.15, -0.1) is 0 Å². The van der Waals surface area contributed by atoms with E-state index in [2.05, 4.69) is 19.9 Å². The highest BCUT2D eigenvalue weighted by Crippen LogP contribution is 2.43. The van der Waals surface area contributed by atoms with E-state index in [0.29, 0.717) is 11.7 Å². The van der Waals surface area contributed by atoms with Crippen molar-refractivity contribution >= 4 is 5.97 Å². The Bertz CT molecular complexity index is 1020. The Hall–Kier alpha value is -2.76. The zero-order valence-corrected chi connectivity index (χ0v) is 18.1. The van der Waals surface area contributed by atoms with Gasteiger partial charge in [-0.3, -0.25) is 4.79 Å². The quantitative estimate of drug-likeness (QED) is 0.660. The second-order valence-corrected chi connectivity index (χ2v) is 8.41. The molecule has 160 valence electrons. The first-order chi connectivity index (χ1) is 14.4. The molecule has 1 fully saturated rings. The molecule has 1 atom stereocenters. The number of ether oxygens (including phenoxy) is 3. The van der Waals surface area contributed by atoms with Crippen LogP contribution in [0.5, 0.6) is 11.5 Å². The van der Waals surface area contributed by atoms with E-state index < -0.39 is 5.97 Å². The van der Waals surface area contributed by atoms with Gasteiger partial charge in [0.2, 0.25) is 0 Å². The first kappa shape index (κ1) is 20.5. The van der Waals surface area contributed by atoms with Crippen LogP contribution in [-0.2, 0) is 11.2 Å². The van der Waals surface area contributed by atoms with E-state index >= 15 is 0 Å². The van der Waals surface area contributed by atoms with Crippen LogP contribution in [0.2, 0.25) is 0 Å². The number of rotatable bonds is 6. The third-order valence-corrected chi connectivity index (χ3v) is 6.14. The average Bonchev–Trinajstić information content (AvgIpc) is 2.69. The second-order valence-electron chi connectivity index (χ2n) is 8.41. The number of fused-ring (bicyclic) bond motifs is 3. The second kappa shape index (κ2) is 8.17. The van der Waals surface area contributed by atoms with E-state index in [0.717, 1.165) is 41.8 Å². The summed E-state index contributed by atoms with van der Waals surface area (Å²) in [4.78, 5) is 25.0. The van der Waals surface area contributed by atoms with Crippen molar-refractivity contribution < 1.29 is 19.0 Å². The SMILES string of the molecule is CCOC(=O)c1cn2c(cc1=O)-c1cc(OC)c(OC3CCC3)cc1CC2C(C)C. The van der Waals surface area contributed by atoms with Gasteiger partial charge in [0.25, 0.3) is 0 Å². The Morgan fingerprint density at radius 2 is 1.97 bits per heavy atom. The van der Waals surface area contributed by atoms with Crippen LogP contribution in [-0.4, -0.2) is 30.4 Å². The van der Waals surface area contributed by atoms with Gasteiger partial charge in [-0.1, -0.05) is 13.8 Å². The molecule has 0 amide bonds. The van der Waals surface area contributed by atoms with E-state index in [1.54, 1.807) is 26.3 Å². The Balaban J connectivity index is 1.84. The number of methoxy groups -OCH3 is 1. The van der Waals surface area contributed by atoms with Crippen LogP contribution in [0, 0.1) is 5.92 Å². The molecule has 4 rings (SSSR count). The van der Waals surface area contributed by atoms with E-state index in [4.69, 9.17) is 14.2 Å². The molecule has 0 saturated heterocycles. The Labute approximate surface area is 176 Å². The molecule has 0 spiro atoms. The number of benzene rings is 1. The highest BCUT2D eigenvalue weighted by Gasteiger charge is 2.30. The monoisotopic (exact) mass is 411 g/mol. The molecule has 6 heteroatoms. The summed E-state index contributed by atoms with van der Waals surface area (Å²) in [6.07, 6.45) is 6.05. The molecule has 0 bridgehead atoms. The highest BCUT2D eigenvalue weighted by atomic mass is 16.5. The summed E-state index contributed by atoms with van der Waals surface area (Å²) >= 11 is 0. The Kier molecular flexibility index (Phi) is 5.58. The third kappa shape index (κ3) is 3.59. The van der Waals surface area contributed by atoms with Gasteiger partial charge in [-0.2, -0.15) is 0 Å². The molecule has 1 aromatic carbocycles. The molecular weight excluding hydrogens is 382 g/mol. The fourth-order valence-corrected chi connectivity index (χ4v) is 4.21. The minimum absolute atomic E-state index is 0.0756. The summed E-state index contributed by atoms with van der Waals surface area (Å²) in [7, 11) is 1.63. The molecule has 1 unspecified atom stereocenters. The molecule has 1 saturated carbocycles. The summed E-state index contributed by atoms with van der Waals surface area (Å²) in [5.41, 5.74) is 2.61. The van der Waals surface area contributed by atoms with E-state index in [9.17, 15) is 9.59 Å². The van der Waals surface area contributed by atoms with Crippen LogP contribution in [0.1, 0.15) is 62.0 Å². The first-order valence-corrected chi connectivity index (χ1v) is 10.7. The minimum atomic E-state index is -0.576. The zero-order valence-electron chi connectivity index (χ0n) is 18.1. The fraction of sp³-hybridized carbons (Fsp3) is 0.500. The van der Waals surface area contributed by atoms with Gasteiger partial charge in [0.15, 0.2) is 16.9 Å². The van der Waals surface area contributed by atoms with Crippen molar-refractivity contribution in [3.63, 3.8) is 0 Å². The van der Waals surface area contributed by atoms with Gasteiger partial charge >= 0.3 is 5.97 Å². The maximum absolute atomic E-state index is 12.7. The summed E-state index contributed by atoms with van der Waals surface area (Å²) in [6.45, 7) is 6.27. The van der Waals surface area contributed by atoms with Crippen molar-refractivity contribution in [3.8, 4) is 22.8 Å². The summed E-state index contributed by atoms with van der Waals surface area (Å²) < 4.78 is 18.9. The van der Waals surface area contributed by atoms with Gasteiger partial charge in [-0.05, 0) is 56.2 Å². The lowest BCUT2D eigenvalue weighted by molar-refractivity contribution is 0.0523. The highest BCUT2D eigenvalue weighted by molar-refractivity contribution is 5.89. The maximum Gasteiger partial charge on any atom is 0.343 e. The fourth-order valence-electron chi connectivity index (χ4n) is 4.21. The molecule has 2 heterocycles. The van der Waals surface area contributed by atoms with Crippen LogP contribution in [0.4, 0.5) is 0 Å². The molecule has 2 aliphatic rings. The van der Waals surface area contributed by atoms with Crippen molar-refractivity contribution in [1.82, 2.24) is 4.57 Å². The standard InChI is InChI=1S/C24H29NO5/c1-5-29-24(27)18-13-25-19(14(2)3)9-15-10-23(30-16-7-6-8-16)22(28-4)11-17(15)20(25)12-21(18)26/h10-14,16,19H,5-9H2,1-4H3. The summed E-state index contributed by atoms with van der Waals surface area (Å²) in [5, 5.41) is 0. The lowest BCUT2D eigenvalue weighted by atomic mass is 9.87. The largest absolute Gasteiger partial charge is 0.493 e. The molecule has 1 aliphatic carbocycles. The maximum atomic E-state index is 12.7. The van der Waals surface area contributed by atoms with Crippen molar-refractivity contribution in [2.45, 2.75) is 58.6 Å². The van der Waals surface area contributed by atoms with Gasteiger partial charge in [0, 0.05) is 23.9 Å². The summed E-state index contributed by atoms with van der Waals surface area (Å²) in [6, 6.07) is 5.68. The number of hydrogen-bond acceptors (Lipinski definition) is 5. The predicted molar refractivity (Wildman–Crippen MR) is 114 cm³/mol. The van der Waals surface area contributed by atoms with Crippen LogP contribution >= 0.6 is 0 Å². The normalized spacial score (nSPS) is 17.7. The molecule has 1 aliphatic heterocycles. The van der Waals surface area contributed by atoms with E-state index in [-0.39, 0.29) is 29.7 Å². The van der Waals surface area contributed by atoms with Gasteiger partial charge in [-0.25, -0.2) is 4.79 Å². The van der Waals surface area contributed by atoms with Gasteiger partial charge in [0.05, 0.1) is 25.5 Å². The van der Waals surface area contributed by atoms with Crippen molar-refractivity contribution in [2.75, 3.05) is 13.7 Å². The average molecular weight is 411 g/mol. The lowest BCUT2D eigenvalue weighted by Crippen LogP contribution is -2.29. The minimum Gasteiger partial charge on any atom is -0.493 e. The number of nitrogens with zero attached hydrogens (tertiary/aromatic N) is 1. The number of carbonyl (C=O) groups is 1. The van der Waals surface area contributed by atoms with Crippen LogP contribution in [0.25, 0.3) is 11.3 Å². The number of pyridine rings is 1. The molecule has 1 aromatic heterocycles. The molecule has 0 N–H and O–H groups in total. The molecular formula is C24H29NO5. The van der Waals surface area contributed by atoms with E-state index in [1.807, 2.05) is 10.6 Å².